The average Bonchev–Trinajstić information content (AvgIpc) is 3.14. The maximum atomic E-state index is 12.2. The molecule has 0 radical (unpaired) electrons. The standard InChI is InChI=1S/C15H15N3O3S/c1-8-6-12(19)11(7-16-8)14(21)18-15-10(4-5-22-15)13(20)17-9-2-3-9/h4-7,9H,2-3H2,1H3,(H,16,19)(H,17,20)(H,18,21). The van der Waals surface area contributed by atoms with Gasteiger partial charge in [-0.3, -0.25) is 14.4 Å². The Kier molecular flexibility index (Phi) is 3.81. The third kappa shape index (κ3) is 3.09. The minimum atomic E-state index is -0.524. The van der Waals surface area contributed by atoms with E-state index in [0.717, 1.165) is 12.8 Å². The number of aromatic nitrogens is 1. The zero-order chi connectivity index (χ0) is 15.7. The molecule has 0 unspecified atom stereocenters. The van der Waals surface area contributed by atoms with Crippen molar-refractivity contribution in [3.8, 4) is 0 Å². The highest BCUT2D eigenvalue weighted by atomic mass is 32.1. The summed E-state index contributed by atoms with van der Waals surface area (Å²) in [5.41, 5.74) is 0.776. The lowest BCUT2D eigenvalue weighted by Crippen LogP contribution is -2.27. The van der Waals surface area contributed by atoms with Crippen molar-refractivity contribution >= 4 is 28.2 Å². The minimum Gasteiger partial charge on any atom is -0.364 e. The summed E-state index contributed by atoms with van der Waals surface area (Å²) in [6, 6.07) is 3.28. The Morgan fingerprint density at radius 1 is 1.27 bits per heavy atom. The largest absolute Gasteiger partial charge is 0.364 e. The van der Waals surface area contributed by atoms with Crippen molar-refractivity contribution in [1.29, 1.82) is 0 Å². The van der Waals surface area contributed by atoms with Gasteiger partial charge in [0.05, 0.1) is 5.56 Å². The smallest absolute Gasteiger partial charge is 0.261 e. The van der Waals surface area contributed by atoms with E-state index in [0.29, 0.717) is 16.3 Å². The van der Waals surface area contributed by atoms with Gasteiger partial charge in [0.2, 0.25) is 0 Å². The molecule has 2 aromatic heterocycles. The number of hydrogen-bond acceptors (Lipinski definition) is 4. The first-order valence-corrected chi connectivity index (χ1v) is 7.81. The molecule has 0 atom stereocenters. The van der Waals surface area contributed by atoms with Gasteiger partial charge in [-0.15, -0.1) is 11.3 Å². The van der Waals surface area contributed by atoms with E-state index >= 15 is 0 Å². The summed E-state index contributed by atoms with van der Waals surface area (Å²) >= 11 is 1.25. The van der Waals surface area contributed by atoms with Gasteiger partial charge >= 0.3 is 0 Å². The van der Waals surface area contributed by atoms with Crippen LogP contribution < -0.4 is 16.1 Å². The van der Waals surface area contributed by atoms with Crippen LogP contribution in [0.15, 0.2) is 28.5 Å². The van der Waals surface area contributed by atoms with Crippen LogP contribution in [0, 0.1) is 6.92 Å². The van der Waals surface area contributed by atoms with Crippen LogP contribution >= 0.6 is 11.3 Å². The molecule has 7 heteroatoms. The number of anilines is 1. The van der Waals surface area contributed by atoms with Crippen molar-refractivity contribution < 1.29 is 9.59 Å². The fourth-order valence-corrected chi connectivity index (χ4v) is 2.78. The molecule has 1 saturated carbocycles. The molecule has 2 amide bonds. The van der Waals surface area contributed by atoms with Crippen LogP contribution in [0.4, 0.5) is 5.00 Å². The lowest BCUT2D eigenvalue weighted by atomic mass is 10.2. The van der Waals surface area contributed by atoms with E-state index in [4.69, 9.17) is 0 Å². The molecular weight excluding hydrogens is 302 g/mol. The van der Waals surface area contributed by atoms with Crippen LogP contribution in [-0.4, -0.2) is 22.8 Å². The second-order valence-corrected chi connectivity index (χ2v) is 6.18. The Hall–Kier alpha value is -2.41. The highest BCUT2D eigenvalue weighted by Crippen LogP contribution is 2.25. The van der Waals surface area contributed by atoms with Crippen molar-refractivity contribution in [3.63, 3.8) is 0 Å². The molecule has 1 aliphatic rings. The van der Waals surface area contributed by atoms with Crippen LogP contribution in [0.3, 0.4) is 0 Å². The maximum absolute atomic E-state index is 12.2. The van der Waals surface area contributed by atoms with Gasteiger partial charge in [-0.05, 0) is 31.2 Å². The lowest BCUT2D eigenvalue weighted by Gasteiger charge is -2.07. The quantitative estimate of drug-likeness (QED) is 0.804. The van der Waals surface area contributed by atoms with Gasteiger partial charge in [0.25, 0.3) is 11.8 Å². The van der Waals surface area contributed by atoms with Crippen LogP contribution in [0.2, 0.25) is 0 Å². The molecule has 114 valence electrons. The number of nitrogens with one attached hydrogen (secondary N) is 3. The van der Waals surface area contributed by atoms with Crippen LogP contribution in [0.1, 0.15) is 39.3 Å². The van der Waals surface area contributed by atoms with Crippen molar-refractivity contribution in [3.05, 3.63) is 50.8 Å². The van der Waals surface area contributed by atoms with Crippen LogP contribution in [-0.2, 0) is 0 Å². The van der Waals surface area contributed by atoms with E-state index in [2.05, 4.69) is 15.6 Å². The molecule has 2 aromatic rings. The van der Waals surface area contributed by atoms with Gasteiger partial charge in [0.15, 0.2) is 5.43 Å². The average molecular weight is 317 g/mol. The van der Waals surface area contributed by atoms with Crippen molar-refractivity contribution in [2.24, 2.45) is 0 Å². The zero-order valence-electron chi connectivity index (χ0n) is 11.9. The van der Waals surface area contributed by atoms with Gasteiger partial charge in [0.1, 0.15) is 10.6 Å². The summed E-state index contributed by atoms with van der Waals surface area (Å²) < 4.78 is 0. The van der Waals surface area contributed by atoms with E-state index in [1.54, 1.807) is 18.4 Å². The summed E-state index contributed by atoms with van der Waals surface area (Å²) in [4.78, 5) is 38.9. The number of thiophene rings is 1. The number of amides is 2. The second-order valence-electron chi connectivity index (χ2n) is 5.26. The van der Waals surface area contributed by atoms with Gasteiger partial charge in [0, 0.05) is 24.0 Å². The molecule has 22 heavy (non-hydrogen) atoms. The molecule has 0 bridgehead atoms. The number of aryl methyl sites for hydroxylation is 1. The Morgan fingerprint density at radius 2 is 2.05 bits per heavy atom. The lowest BCUT2D eigenvalue weighted by molar-refractivity contribution is 0.0952. The summed E-state index contributed by atoms with van der Waals surface area (Å²) in [6.45, 7) is 1.74. The summed E-state index contributed by atoms with van der Waals surface area (Å²) in [5, 5.41) is 7.70. The summed E-state index contributed by atoms with van der Waals surface area (Å²) in [5.74, 6) is -0.721. The van der Waals surface area contributed by atoms with Gasteiger partial charge in [-0.25, -0.2) is 0 Å². The van der Waals surface area contributed by atoms with Crippen LogP contribution in [0.5, 0.6) is 0 Å². The molecule has 6 nitrogen and oxygen atoms in total. The molecule has 2 heterocycles. The number of H-pyrrole nitrogens is 1. The van der Waals surface area contributed by atoms with Crippen LogP contribution in [0.25, 0.3) is 0 Å². The topological polar surface area (TPSA) is 91.1 Å². The summed E-state index contributed by atoms with van der Waals surface area (Å²) in [7, 11) is 0. The number of rotatable bonds is 4. The number of pyridine rings is 1. The Labute approximate surface area is 130 Å². The molecule has 0 spiro atoms. The first-order valence-electron chi connectivity index (χ1n) is 6.93. The fraction of sp³-hybridized carbons (Fsp3) is 0.267. The highest BCUT2D eigenvalue weighted by molar-refractivity contribution is 7.14. The van der Waals surface area contributed by atoms with Gasteiger partial charge < -0.3 is 15.6 Å². The number of hydrogen-bond donors (Lipinski definition) is 3. The summed E-state index contributed by atoms with van der Waals surface area (Å²) in [6.07, 6.45) is 3.37. The van der Waals surface area contributed by atoms with Crippen molar-refractivity contribution in [2.75, 3.05) is 5.32 Å². The number of carbonyl (C=O) groups excluding carboxylic acids is 2. The molecule has 0 saturated heterocycles. The van der Waals surface area contributed by atoms with E-state index in [9.17, 15) is 14.4 Å². The van der Waals surface area contributed by atoms with Crippen molar-refractivity contribution in [2.45, 2.75) is 25.8 Å². The highest BCUT2D eigenvalue weighted by Gasteiger charge is 2.25. The normalized spacial score (nSPS) is 13.7. The first-order chi connectivity index (χ1) is 10.5. The monoisotopic (exact) mass is 317 g/mol. The predicted octanol–water partition coefficient (Wildman–Crippen LogP) is 1.89. The molecule has 0 aliphatic heterocycles. The third-order valence-corrected chi connectivity index (χ3v) is 4.18. The Balaban J connectivity index is 1.78. The maximum Gasteiger partial charge on any atom is 0.261 e. The predicted molar refractivity (Wildman–Crippen MR) is 84.6 cm³/mol. The molecule has 3 N–H and O–H groups in total. The Morgan fingerprint density at radius 3 is 2.73 bits per heavy atom. The second kappa shape index (κ2) is 5.76. The molecule has 0 aromatic carbocycles. The van der Waals surface area contributed by atoms with Gasteiger partial charge in [-0.2, -0.15) is 0 Å². The first kappa shape index (κ1) is 14.5. The molecule has 1 fully saturated rings. The molecular formula is C15H15N3O3S. The van der Waals surface area contributed by atoms with E-state index in [1.807, 2.05) is 0 Å². The number of aromatic amines is 1. The molecule has 3 rings (SSSR count). The van der Waals surface area contributed by atoms with E-state index in [-0.39, 0.29) is 22.9 Å². The zero-order valence-corrected chi connectivity index (χ0v) is 12.8. The molecule has 1 aliphatic carbocycles. The minimum absolute atomic E-state index is 0.0209. The Bertz CT molecular complexity index is 789. The SMILES string of the molecule is Cc1cc(=O)c(C(=O)Nc2sccc2C(=O)NC2CC2)c[nH]1. The van der Waals surface area contributed by atoms with Crippen molar-refractivity contribution in [1.82, 2.24) is 10.3 Å². The number of carbonyl (C=O) groups is 2. The fourth-order valence-electron chi connectivity index (χ4n) is 2.00. The van der Waals surface area contributed by atoms with E-state index < -0.39 is 5.91 Å². The third-order valence-electron chi connectivity index (χ3n) is 3.35. The van der Waals surface area contributed by atoms with E-state index in [1.165, 1.54) is 23.6 Å². The van der Waals surface area contributed by atoms with Gasteiger partial charge in [-0.1, -0.05) is 0 Å².